The first-order chi connectivity index (χ1) is 17.7. The Labute approximate surface area is 225 Å². The molecule has 0 spiro atoms. The van der Waals surface area contributed by atoms with E-state index in [9.17, 15) is 18.0 Å². The Hall–Kier alpha value is -3.11. The minimum atomic E-state index is -4.11. The normalized spacial score (nSPS) is 15.1. The van der Waals surface area contributed by atoms with Crippen molar-refractivity contribution >= 4 is 50.7 Å². The largest absolute Gasteiger partial charge is 0.477 e. The van der Waals surface area contributed by atoms with Gasteiger partial charge in [0.2, 0.25) is 15.9 Å². The summed E-state index contributed by atoms with van der Waals surface area (Å²) in [4.78, 5) is 27.4. The van der Waals surface area contributed by atoms with Crippen molar-refractivity contribution in [1.29, 1.82) is 0 Å². The molecule has 0 aromatic heterocycles. The summed E-state index contributed by atoms with van der Waals surface area (Å²) in [6.07, 6.45) is -0.313. The maximum Gasteiger partial charge on any atom is 0.262 e. The van der Waals surface area contributed by atoms with E-state index in [1.807, 2.05) is 30.3 Å². The summed E-state index contributed by atoms with van der Waals surface area (Å²) in [5.74, 6) is -0.536. The molecule has 0 bridgehead atoms. The summed E-state index contributed by atoms with van der Waals surface area (Å²) >= 11 is 12.1. The summed E-state index contributed by atoms with van der Waals surface area (Å²) in [6, 6.07) is 20.6. The molecule has 11 heteroatoms. The van der Waals surface area contributed by atoms with Gasteiger partial charge in [-0.05, 0) is 42.3 Å². The highest BCUT2D eigenvalue weighted by Gasteiger charge is 2.35. The molecule has 1 aliphatic heterocycles. The molecule has 194 valence electrons. The molecule has 1 atom stereocenters. The van der Waals surface area contributed by atoms with Crippen LogP contribution in [0.15, 0.2) is 77.7 Å². The number of rotatable bonds is 8. The lowest BCUT2D eigenvalue weighted by Crippen LogP contribution is -2.52. The van der Waals surface area contributed by atoms with Crippen LogP contribution < -0.4 is 15.0 Å². The lowest BCUT2D eigenvalue weighted by molar-refractivity contribution is -0.128. The maximum atomic E-state index is 13.3. The van der Waals surface area contributed by atoms with Crippen LogP contribution in [0.25, 0.3) is 0 Å². The molecule has 1 aliphatic rings. The van der Waals surface area contributed by atoms with Crippen LogP contribution in [0.2, 0.25) is 10.0 Å². The summed E-state index contributed by atoms with van der Waals surface area (Å²) in [6.45, 7) is -0.152. The quantitative estimate of drug-likeness (QED) is 0.451. The van der Waals surface area contributed by atoms with Crippen LogP contribution in [0.3, 0.4) is 0 Å². The molecule has 2 amide bonds. The first-order valence-electron chi connectivity index (χ1n) is 11.5. The first-order valence-corrected chi connectivity index (χ1v) is 13.7. The zero-order valence-electron chi connectivity index (χ0n) is 19.9. The third kappa shape index (κ3) is 6.24. The summed E-state index contributed by atoms with van der Waals surface area (Å²) in [7, 11) is -2.83. The van der Waals surface area contributed by atoms with Gasteiger partial charge in [-0.15, -0.1) is 0 Å². The van der Waals surface area contributed by atoms with Gasteiger partial charge in [0.25, 0.3) is 5.91 Å². The number of carbonyl (C=O) groups is 2. The molecule has 0 radical (unpaired) electrons. The number of ether oxygens (including phenoxy) is 1. The predicted octanol–water partition coefficient (Wildman–Crippen LogP) is 3.77. The van der Waals surface area contributed by atoms with Crippen molar-refractivity contribution in [3.05, 3.63) is 88.4 Å². The van der Waals surface area contributed by atoms with Gasteiger partial charge in [-0.2, -0.15) is 4.31 Å². The Kier molecular flexibility index (Phi) is 8.39. The van der Waals surface area contributed by atoms with Crippen LogP contribution in [0.1, 0.15) is 5.56 Å². The fourth-order valence-electron chi connectivity index (χ4n) is 3.90. The van der Waals surface area contributed by atoms with E-state index < -0.39 is 28.6 Å². The van der Waals surface area contributed by atoms with E-state index in [1.54, 1.807) is 24.3 Å². The first kappa shape index (κ1) is 26.9. The zero-order valence-corrected chi connectivity index (χ0v) is 22.3. The van der Waals surface area contributed by atoms with E-state index in [4.69, 9.17) is 27.9 Å². The number of likely N-dealkylation sites (N-methyl/N-ethyl adjacent to an activating group) is 1. The Balaban J connectivity index is 1.47. The van der Waals surface area contributed by atoms with Gasteiger partial charge in [0.15, 0.2) is 6.10 Å². The summed E-state index contributed by atoms with van der Waals surface area (Å²) in [5.41, 5.74) is 1.53. The third-order valence-electron chi connectivity index (χ3n) is 5.86. The van der Waals surface area contributed by atoms with E-state index in [0.29, 0.717) is 24.4 Å². The Bertz CT molecular complexity index is 1400. The van der Waals surface area contributed by atoms with Crippen LogP contribution in [0, 0.1) is 0 Å². The van der Waals surface area contributed by atoms with E-state index in [0.717, 1.165) is 9.87 Å². The van der Waals surface area contributed by atoms with Gasteiger partial charge in [-0.25, -0.2) is 8.42 Å². The van der Waals surface area contributed by atoms with Crippen molar-refractivity contribution < 1.29 is 22.7 Å². The lowest BCUT2D eigenvalue weighted by atomic mass is 10.1. The average molecular weight is 562 g/mol. The highest BCUT2D eigenvalue weighted by Crippen LogP contribution is 2.34. The van der Waals surface area contributed by atoms with Crippen molar-refractivity contribution in [3.8, 4) is 5.75 Å². The maximum absolute atomic E-state index is 13.3. The number of sulfonamides is 1. The van der Waals surface area contributed by atoms with Gasteiger partial charge in [0, 0.05) is 18.6 Å². The fraction of sp³-hybridized carbons (Fsp3) is 0.231. The zero-order chi connectivity index (χ0) is 26.6. The molecule has 0 fully saturated rings. The number of nitrogens with zero attached hydrogens (tertiary/aromatic N) is 2. The minimum Gasteiger partial charge on any atom is -0.477 e. The molecule has 3 aromatic rings. The van der Waals surface area contributed by atoms with Gasteiger partial charge in [-0.3, -0.25) is 9.59 Å². The van der Waals surface area contributed by atoms with Crippen LogP contribution in [0.4, 0.5) is 5.69 Å². The van der Waals surface area contributed by atoms with Crippen molar-refractivity contribution in [2.24, 2.45) is 0 Å². The molecule has 3 aromatic carbocycles. The number of nitrogens with one attached hydrogen (secondary N) is 1. The molecular formula is C26H25Cl2N3O5S. The second-order valence-electron chi connectivity index (χ2n) is 8.44. The number of para-hydroxylation sites is 2. The summed E-state index contributed by atoms with van der Waals surface area (Å²) < 4.78 is 33.0. The number of anilines is 1. The Morgan fingerprint density at radius 2 is 1.76 bits per heavy atom. The van der Waals surface area contributed by atoms with Gasteiger partial charge in [0.05, 0.1) is 23.8 Å². The van der Waals surface area contributed by atoms with E-state index >= 15 is 0 Å². The lowest BCUT2D eigenvalue weighted by Gasteiger charge is -2.35. The Morgan fingerprint density at radius 3 is 2.51 bits per heavy atom. The second-order valence-corrected chi connectivity index (χ2v) is 11.3. The van der Waals surface area contributed by atoms with Crippen LogP contribution in [0.5, 0.6) is 5.75 Å². The van der Waals surface area contributed by atoms with E-state index in [1.165, 1.54) is 30.1 Å². The molecule has 0 saturated heterocycles. The molecule has 0 saturated carbocycles. The fourth-order valence-corrected chi connectivity index (χ4v) is 5.75. The minimum absolute atomic E-state index is 0.00680. The molecule has 1 heterocycles. The van der Waals surface area contributed by atoms with Crippen molar-refractivity contribution in [2.75, 3.05) is 31.6 Å². The number of fused-ring (bicyclic) bond motifs is 1. The highest BCUT2D eigenvalue weighted by atomic mass is 35.5. The van der Waals surface area contributed by atoms with Gasteiger partial charge in [-0.1, -0.05) is 65.7 Å². The number of amides is 2. The van der Waals surface area contributed by atoms with Crippen LogP contribution in [-0.4, -0.2) is 57.3 Å². The molecular weight excluding hydrogens is 537 g/mol. The number of halogens is 2. The monoisotopic (exact) mass is 561 g/mol. The van der Waals surface area contributed by atoms with Crippen molar-refractivity contribution in [2.45, 2.75) is 17.4 Å². The van der Waals surface area contributed by atoms with E-state index in [2.05, 4.69) is 5.32 Å². The van der Waals surface area contributed by atoms with Crippen LogP contribution >= 0.6 is 23.2 Å². The Morgan fingerprint density at radius 1 is 1.05 bits per heavy atom. The van der Waals surface area contributed by atoms with Gasteiger partial charge in [0.1, 0.15) is 10.6 Å². The summed E-state index contributed by atoms with van der Waals surface area (Å²) in [5, 5.41) is 3.05. The third-order valence-corrected chi connectivity index (χ3v) is 8.38. The van der Waals surface area contributed by atoms with Crippen molar-refractivity contribution in [3.63, 3.8) is 0 Å². The van der Waals surface area contributed by atoms with Crippen molar-refractivity contribution in [1.82, 2.24) is 9.62 Å². The van der Waals surface area contributed by atoms with Gasteiger partial charge < -0.3 is 15.0 Å². The number of hydrogen-bond donors (Lipinski definition) is 1. The second kappa shape index (κ2) is 11.5. The topological polar surface area (TPSA) is 96.0 Å². The number of hydrogen-bond acceptors (Lipinski definition) is 5. The molecule has 37 heavy (non-hydrogen) atoms. The standard InChI is InChI=1S/C26H25Cl2N3O5S/c1-30(37(34,35)24-15-19(27)11-12-20(24)28)17-25(32)31-16-23(36-22-10-6-5-9-21(22)31)26(33)29-14-13-18-7-3-2-4-8-18/h2-12,15,23H,13-14,16-17H2,1H3,(H,29,33)/t23-/m1/s1. The van der Waals surface area contributed by atoms with Gasteiger partial charge >= 0.3 is 0 Å². The highest BCUT2D eigenvalue weighted by molar-refractivity contribution is 7.89. The predicted molar refractivity (Wildman–Crippen MR) is 143 cm³/mol. The molecule has 0 aliphatic carbocycles. The SMILES string of the molecule is CN(CC(=O)N1C[C@H](C(=O)NCCc2ccccc2)Oc2ccccc21)S(=O)(=O)c1cc(Cl)ccc1Cl. The molecule has 8 nitrogen and oxygen atoms in total. The number of carbonyl (C=O) groups excluding carboxylic acids is 2. The van der Waals surface area contributed by atoms with E-state index in [-0.39, 0.29) is 27.4 Å². The average Bonchev–Trinajstić information content (AvgIpc) is 2.89. The number of benzene rings is 3. The molecule has 1 N–H and O–H groups in total. The van der Waals surface area contributed by atoms with Crippen LogP contribution in [-0.2, 0) is 26.0 Å². The smallest absolute Gasteiger partial charge is 0.262 e. The molecule has 4 rings (SSSR count). The molecule has 0 unspecified atom stereocenters.